The molecule has 1 saturated carbocycles. The van der Waals surface area contributed by atoms with Crippen LogP contribution in [0.4, 0.5) is 0 Å². The Morgan fingerprint density at radius 3 is 2.52 bits per heavy atom. The van der Waals surface area contributed by atoms with E-state index >= 15 is 0 Å². The van der Waals surface area contributed by atoms with Gasteiger partial charge in [0, 0.05) is 0 Å². The Bertz CT molecular complexity index is 622. The summed E-state index contributed by atoms with van der Waals surface area (Å²) >= 11 is 0. The predicted molar refractivity (Wildman–Crippen MR) is 82.1 cm³/mol. The van der Waals surface area contributed by atoms with Crippen molar-refractivity contribution in [3.8, 4) is 0 Å². The van der Waals surface area contributed by atoms with Gasteiger partial charge in [0.05, 0.1) is 18.6 Å². The molecule has 3 nitrogen and oxygen atoms in total. The number of benzene rings is 2. The van der Waals surface area contributed by atoms with Gasteiger partial charge in [-0.1, -0.05) is 42.5 Å². The fourth-order valence-electron chi connectivity index (χ4n) is 3.10. The molecule has 2 aromatic rings. The molecular formula is C18H20O3. The quantitative estimate of drug-likeness (QED) is 0.923. The molecule has 1 N–H and O–H groups in total. The monoisotopic (exact) mass is 284 g/mol. The molecule has 0 bridgehead atoms. The molecule has 0 saturated heterocycles. The highest BCUT2D eigenvalue weighted by atomic mass is 16.5. The van der Waals surface area contributed by atoms with Gasteiger partial charge in [-0.3, -0.25) is 4.79 Å². The van der Waals surface area contributed by atoms with Gasteiger partial charge in [-0.25, -0.2) is 0 Å². The Kier molecular flexibility index (Phi) is 4.20. The number of carboxylic acid groups (broad SMARTS) is 1. The van der Waals surface area contributed by atoms with Crippen LogP contribution in [0.3, 0.4) is 0 Å². The summed E-state index contributed by atoms with van der Waals surface area (Å²) in [6, 6.07) is 14.6. The highest BCUT2D eigenvalue weighted by Crippen LogP contribution is 2.28. The van der Waals surface area contributed by atoms with Gasteiger partial charge in [0.2, 0.25) is 0 Å². The second-order valence-corrected chi connectivity index (χ2v) is 5.76. The van der Waals surface area contributed by atoms with E-state index in [1.54, 1.807) is 0 Å². The highest BCUT2D eigenvalue weighted by molar-refractivity contribution is 5.85. The molecule has 1 aliphatic carbocycles. The van der Waals surface area contributed by atoms with Gasteiger partial charge in [0.15, 0.2) is 0 Å². The smallest absolute Gasteiger partial charge is 0.306 e. The van der Waals surface area contributed by atoms with E-state index in [4.69, 9.17) is 9.84 Å². The number of fused-ring (bicyclic) bond motifs is 1. The molecule has 110 valence electrons. The summed E-state index contributed by atoms with van der Waals surface area (Å²) in [5, 5.41) is 11.5. The zero-order valence-electron chi connectivity index (χ0n) is 12.0. The van der Waals surface area contributed by atoms with Crippen molar-refractivity contribution in [2.45, 2.75) is 38.4 Å². The van der Waals surface area contributed by atoms with Gasteiger partial charge >= 0.3 is 5.97 Å². The molecular weight excluding hydrogens is 264 g/mol. The second kappa shape index (κ2) is 6.27. The minimum atomic E-state index is -0.664. The maximum Gasteiger partial charge on any atom is 0.306 e. The number of rotatable bonds is 4. The van der Waals surface area contributed by atoms with E-state index in [2.05, 4.69) is 30.3 Å². The van der Waals surface area contributed by atoms with E-state index in [1.165, 1.54) is 16.3 Å². The molecule has 0 radical (unpaired) electrons. The molecule has 3 rings (SSSR count). The van der Waals surface area contributed by atoms with Gasteiger partial charge < -0.3 is 9.84 Å². The maximum absolute atomic E-state index is 10.9. The molecule has 1 aliphatic rings. The zero-order valence-corrected chi connectivity index (χ0v) is 12.0. The molecule has 0 aromatic heterocycles. The lowest BCUT2D eigenvalue weighted by atomic mass is 9.87. The normalized spacial score (nSPS) is 22.3. The first-order chi connectivity index (χ1) is 10.2. The van der Waals surface area contributed by atoms with E-state index in [-0.39, 0.29) is 12.0 Å². The average Bonchev–Trinajstić information content (AvgIpc) is 2.53. The van der Waals surface area contributed by atoms with Crippen LogP contribution < -0.4 is 0 Å². The van der Waals surface area contributed by atoms with Crippen LogP contribution in [-0.4, -0.2) is 17.2 Å². The van der Waals surface area contributed by atoms with E-state index in [9.17, 15) is 4.79 Å². The van der Waals surface area contributed by atoms with E-state index in [0.717, 1.165) is 25.7 Å². The summed E-state index contributed by atoms with van der Waals surface area (Å²) in [4.78, 5) is 10.9. The summed E-state index contributed by atoms with van der Waals surface area (Å²) in [6.07, 6.45) is 3.36. The molecule has 2 aromatic carbocycles. The van der Waals surface area contributed by atoms with Crippen molar-refractivity contribution in [3.63, 3.8) is 0 Å². The van der Waals surface area contributed by atoms with Crippen molar-refractivity contribution in [3.05, 3.63) is 48.0 Å². The molecule has 0 heterocycles. The number of hydrogen-bond acceptors (Lipinski definition) is 2. The van der Waals surface area contributed by atoms with Crippen molar-refractivity contribution in [1.82, 2.24) is 0 Å². The number of ether oxygens (including phenoxy) is 1. The predicted octanol–water partition coefficient (Wildman–Crippen LogP) is 4.00. The summed E-state index contributed by atoms with van der Waals surface area (Å²) in [5.74, 6) is -0.843. The van der Waals surface area contributed by atoms with Gasteiger partial charge in [0.25, 0.3) is 0 Å². The van der Waals surface area contributed by atoms with E-state index in [1.807, 2.05) is 12.1 Å². The summed E-state index contributed by atoms with van der Waals surface area (Å²) in [6.45, 7) is 0.601. The van der Waals surface area contributed by atoms with E-state index in [0.29, 0.717) is 6.61 Å². The Morgan fingerprint density at radius 2 is 1.76 bits per heavy atom. The van der Waals surface area contributed by atoms with Crippen molar-refractivity contribution in [2.75, 3.05) is 0 Å². The minimum Gasteiger partial charge on any atom is -0.481 e. The zero-order chi connectivity index (χ0) is 14.7. The topological polar surface area (TPSA) is 46.5 Å². The molecule has 0 atom stereocenters. The van der Waals surface area contributed by atoms with Gasteiger partial charge in [-0.15, -0.1) is 0 Å². The minimum absolute atomic E-state index is 0.178. The lowest BCUT2D eigenvalue weighted by Crippen LogP contribution is -2.25. The molecule has 1 fully saturated rings. The first kappa shape index (κ1) is 14.1. The Balaban J connectivity index is 1.61. The number of carboxylic acids is 1. The van der Waals surface area contributed by atoms with Crippen molar-refractivity contribution in [1.29, 1.82) is 0 Å². The lowest BCUT2D eigenvalue weighted by Gasteiger charge is -2.26. The molecule has 0 spiro atoms. The standard InChI is InChI=1S/C18H20O3/c19-18(20)14-8-10-16(11-9-14)21-12-15-6-3-5-13-4-1-2-7-17(13)15/h1-7,14,16H,8-12H2,(H,19,20). The van der Waals surface area contributed by atoms with E-state index < -0.39 is 5.97 Å². The Morgan fingerprint density at radius 1 is 1.05 bits per heavy atom. The summed E-state index contributed by atoms with van der Waals surface area (Å²) in [7, 11) is 0. The number of aliphatic carboxylic acids is 1. The third-order valence-electron chi connectivity index (χ3n) is 4.38. The van der Waals surface area contributed by atoms with Crippen molar-refractivity contribution in [2.24, 2.45) is 5.92 Å². The molecule has 0 amide bonds. The Hall–Kier alpha value is -1.87. The third kappa shape index (κ3) is 3.24. The van der Waals surface area contributed by atoms with Gasteiger partial charge in [0.1, 0.15) is 0 Å². The van der Waals surface area contributed by atoms with Crippen LogP contribution in [0.15, 0.2) is 42.5 Å². The second-order valence-electron chi connectivity index (χ2n) is 5.76. The fourth-order valence-corrected chi connectivity index (χ4v) is 3.10. The number of carbonyl (C=O) groups is 1. The summed E-state index contributed by atoms with van der Waals surface area (Å²) in [5.41, 5.74) is 1.20. The first-order valence-corrected chi connectivity index (χ1v) is 7.55. The molecule has 0 unspecified atom stereocenters. The van der Waals surface area contributed by atoms with Crippen LogP contribution >= 0.6 is 0 Å². The van der Waals surface area contributed by atoms with Crippen molar-refractivity contribution < 1.29 is 14.6 Å². The maximum atomic E-state index is 10.9. The number of hydrogen-bond donors (Lipinski definition) is 1. The first-order valence-electron chi connectivity index (χ1n) is 7.55. The summed E-state index contributed by atoms with van der Waals surface area (Å²) < 4.78 is 6.01. The molecule has 0 aliphatic heterocycles. The van der Waals surface area contributed by atoms with Crippen LogP contribution in [0, 0.1) is 5.92 Å². The molecule has 3 heteroatoms. The SMILES string of the molecule is O=C(O)C1CCC(OCc2cccc3ccccc23)CC1. The van der Waals surface area contributed by atoms with Crippen LogP contribution in [0.2, 0.25) is 0 Å². The highest BCUT2D eigenvalue weighted by Gasteiger charge is 2.26. The lowest BCUT2D eigenvalue weighted by molar-refractivity contribution is -0.143. The third-order valence-corrected chi connectivity index (χ3v) is 4.38. The van der Waals surface area contributed by atoms with Gasteiger partial charge in [-0.05, 0) is 42.0 Å². The van der Waals surface area contributed by atoms with Crippen LogP contribution in [0.1, 0.15) is 31.2 Å². The average molecular weight is 284 g/mol. The van der Waals surface area contributed by atoms with Crippen molar-refractivity contribution >= 4 is 16.7 Å². The van der Waals surface area contributed by atoms with Crippen LogP contribution in [0.25, 0.3) is 10.8 Å². The van der Waals surface area contributed by atoms with Crippen LogP contribution in [-0.2, 0) is 16.1 Å². The Labute approximate surface area is 124 Å². The van der Waals surface area contributed by atoms with Crippen LogP contribution in [0.5, 0.6) is 0 Å². The largest absolute Gasteiger partial charge is 0.481 e. The fraction of sp³-hybridized carbons (Fsp3) is 0.389. The molecule has 21 heavy (non-hydrogen) atoms. The van der Waals surface area contributed by atoms with Gasteiger partial charge in [-0.2, -0.15) is 0 Å².